The highest BCUT2D eigenvalue weighted by molar-refractivity contribution is 5.87. The summed E-state index contributed by atoms with van der Waals surface area (Å²) >= 11 is 0. The van der Waals surface area contributed by atoms with Crippen LogP contribution >= 0.6 is 0 Å². The topological polar surface area (TPSA) is 8.17 Å². The van der Waals surface area contributed by atoms with Crippen molar-refractivity contribution < 1.29 is 4.39 Å². The highest BCUT2D eigenvalue weighted by atomic mass is 19.1. The molecule has 3 heteroatoms. The summed E-state index contributed by atoms with van der Waals surface area (Å²) in [5.41, 5.74) is 3.80. The first kappa shape index (κ1) is 18.1. The third-order valence-electron chi connectivity index (χ3n) is 7.35. The molecule has 30 heavy (non-hydrogen) atoms. The zero-order valence-electron chi connectivity index (χ0n) is 17.2. The lowest BCUT2D eigenvalue weighted by Crippen LogP contribution is -2.37. The molecule has 3 heterocycles. The van der Waals surface area contributed by atoms with Crippen molar-refractivity contribution in [2.24, 2.45) is 0 Å². The van der Waals surface area contributed by atoms with Crippen LogP contribution in [0, 0.1) is 5.82 Å². The maximum absolute atomic E-state index is 14.2. The highest BCUT2D eigenvalue weighted by Crippen LogP contribution is 2.40. The summed E-state index contributed by atoms with van der Waals surface area (Å²) in [7, 11) is 0. The molecule has 3 aromatic carbocycles. The Balaban J connectivity index is 1.42. The zero-order valence-corrected chi connectivity index (χ0v) is 17.2. The number of hydrogen-bond acceptors (Lipinski definition) is 1. The van der Waals surface area contributed by atoms with Crippen LogP contribution in [-0.2, 0) is 6.54 Å². The van der Waals surface area contributed by atoms with E-state index in [0.29, 0.717) is 12.0 Å². The van der Waals surface area contributed by atoms with Crippen molar-refractivity contribution in [2.75, 3.05) is 13.1 Å². The van der Waals surface area contributed by atoms with Crippen molar-refractivity contribution in [3.05, 3.63) is 83.8 Å². The molecule has 152 valence electrons. The van der Waals surface area contributed by atoms with Gasteiger partial charge in [0.05, 0.1) is 0 Å². The van der Waals surface area contributed by atoms with Gasteiger partial charge < -0.3 is 9.47 Å². The molecule has 0 bridgehead atoms. The van der Waals surface area contributed by atoms with Crippen molar-refractivity contribution in [2.45, 2.75) is 44.2 Å². The molecule has 0 radical (unpaired) electrons. The number of fused-ring (bicyclic) bond motifs is 3. The van der Waals surface area contributed by atoms with E-state index in [2.05, 4.69) is 58.1 Å². The van der Waals surface area contributed by atoms with Crippen LogP contribution in [0.2, 0.25) is 0 Å². The molecule has 0 spiro atoms. The van der Waals surface area contributed by atoms with Crippen molar-refractivity contribution in [3.63, 3.8) is 0 Å². The second-order valence-corrected chi connectivity index (χ2v) is 9.07. The SMILES string of the molecule is Fc1ccc2c(c1)c(C1CCN3CCCC3C1)cn2Cc1cccc2ccccc12. The minimum Gasteiger partial charge on any atom is -0.343 e. The van der Waals surface area contributed by atoms with Gasteiger partial charge in [0.15, 0.2) is 0 Å². The van der Waals surface area contributed by atoms with Gasteiger partial charge in [0.2, 0.25) is 0 Å². The maximum Gasteiger partial charge on any atom is 0.123 e. The van der Waals surface area contributed by atoms with Crippen LogP contribution in [0.25, 0.3) is 21.7 Å². The third kappa shape index (κ3) is 3.04. The van der Waals surface area contributed by atoms with E-state index >= 15 is 0 Å². The summed E-state index contributed by atoms with van der Waals surface area (Å²) in [5.74, 6) is 0.396. The van der Waals surface area contributed by atoms with E-state index in [-0.39, 0.29) is 5.82 Å². The van der Waals surface area contributed by atoms with E-state index in [1.165, 1.54) is 60.7 Å². The largest absolute Gasteiger partial charge is 0.343 e. The first-order chi connectivity index (χ1) is 14.8. The molecule has 2 aliphatic rings. The van der Waals surface area contributed by atoms with Crippen LogP contribution in [-0.4, -0.2) is 28.6 Å². The van der Waals surface area contributed by atoms with Gasteiger partial charge in [-0.05, 0) is 84.8 Å². The average molecular weight is 399 g/mol. The average Bonchev–Trinajstić information content (AvgIpc) is 3.38. The van der Waals surface area contributed by atoms with Gasteiger partial charge >= 0.3 is 0 Å². The Kier molecular flexibility index (Phi) is 4.38. The van der Waals surface area contributed by atoms with Crippen molar-refractivity contribution >= 4 is 21.7 Å². The molecular formula is C27H27FN2. The van der Waals surface area contributed by atoms with E-state index in [0.717, 1.165) is 17.4 Å². The number of halogens is 1. The number of nitrogens with zero attached hydrogens (tertiary/aromatic N) is 2. The Bertz CT molecular complexity index is 1220. The summed E-state index contributed by atoms with van der Waals surface area (Å²) in [4.78, 5) is 2.66. The molecule has 2 aliphatic heterocycles. The van der Waals surface area contributed by atoms with Crippen LogP contribution in [0.3, 0.4) is 0 Å². The number of piperidine rings is 1. The van der Waals surface area contributed by atoms with Gasteiger partial charge in [0, 0.05) is 29.7 Å². The van der Waals surface area contributed by atoms with Gasteiger partial charge in [-0.3, -0.25) is 0 Å². The normalized spacial score (nSPS) is 22.0. The van der Waals surface area contributed by atoms with E-state index in [1.54, 1.807) is 12.1 Å². The summed E-state index contributed by atoms with van der Waals surface area (Å²) < 4.78 is 16.6. The molecule has 2 nitrogen and oxygen atoms in total. The molecule has 2 unspecified atom stereocenters. The van der Waals surface area contributed by atoms with Crippen molar-refractivity contribution in [1.82, 2.24) is 9.47 Å². The second kappa shape index (κ2) is 7.24. The first-order valence-corrected chi connectivity index (χ1v) is 11.3. The quantitative estimate of drug-likeness (QED) is 0.392. The molecule has 2 atom stereocenters. The van der Waals surface area contributed by atoms with Gasteiger partial charge in [-0.2, -0.15) is 0 Å². The smallest absolute Gasteiger partial charge is 0.123 e. The Morgan fingerprint density at radius 3 is 2.77 bits per heavy atom. The van der Waals surface area contributed by atoms with Crippen LogP contribution in [0.1, 0.15) is 42.7 Å². The molecular weight excluding hydrogens is 371 g/mol. The third-order valence-corrected chi connectivity index (χ3v) is 7.35. The fourth-order valence-corrected chi connectivity index (χ4v) is 5.87. The standard InChI is InChI=1S/C27H27FN2/c28-22-10-11-27-25(16-22)26(20-12-14-29-13-4-8-23(29)15-20)18-30(27)17-21-7-3-6-19-5-1-2-9-24(19)21/h1-3,5-7,9-11,16,18,20,23H,4,8,12-15,17H2. The Morgan fingerprint density at radius 1 is 0.900 bits per heavy atom. The number of hydrogen-bond donors (Lipinski definition) is 0. The summed E-state index contributed by atoms with van der Waals surface area (Å²) in [6.07, 6.45) is 7.36. The van der Waals surface area contributed by atoms with Crippen LogP contribution in [0.5, 0.6) is 0 Å². The van der Waals surface area contributed by atoms with Gasteiger partial charge in [0.1, 0.15) is 5.82 Å². The molecule has 0 amide bonds. The Labute approximate surface area is 176 Å². The fourth-order valence-electron chi connectivity index (χ4n) is 5.87. The predicted molar refractivity (Wildman–Crippen MR) is 122 cm³/mol. The van der Waals surface area contributed by atoms with Gasteiger partial charge in [-0.25, -0.2) is 4.39 Å². The monoisotopic (exact) mass is 398 g/mol. The Morgan fingerprint density at radius 2 is 1.80 bits per heavy atom. The van der Waals surface area contributed by atoms with E-state index in [9.17, 15) is 4.39 Å². The molecule has 1 aromatic heterocycles. The van der Waals surface area contributed by atoms with E-state index in [1.807, 2.05) is 6.07 Å². The minimum atomic E-state index is -0.134. The Hall–Kier alpha value is -2.65. The zero-order chi connectivity index (χ0) is 20.1. The lowest BCUT2D eigenvalue weighted by molar-refractivity contribution is 0.181. The lowest BCUT2D eigenvalue weighted by Gasteiger charge is -2.34. The highest BCUT2D eigenvalue weighted by Gasteiger charge is 2.33. The van der Waals surface area contributed by atoms with E-state index < -0.39 is 0 Å². The molecule has 2 saturated heterocycles. The second-order valence-electron chi connectivity index (χ2n) is 9.07. The number of aromatic nitrogens is 1. The lowest BCUT2D eigenvalue weighted by atomic mass is 9.85. The molecule has 0 N–H and O–H groups in total. The van der Waals surface area contributed by atoms with Crippen LogP contribution in [0.4, 0.5) is 4.39 Å². The fraction of sp³-hybridized carbons (Fsp3) is 0.333. The first-order valence-electron chi connectivity index (χ1n) is 11.3. The van der Waals surface area contributed by atoms with Gasteiger partial charge in [-0.15, -0.1) is 0 Å². The van der Waals surface area contributed by atoms with Gasteiger partial charge in [-0.1, -0.05) is 42.5 Å². The van der Waals surface area contributed by atoms with Crippen LogP contribution < -0.4 is 0 Å². The summed E-state index contributed by atoms with van der Waals surface area (Å²) in [6.45, 7) is 3.25. The van der Waals surface area contributed by atoms with Gasteiger partial charge in [0.25, 0.3) is 0 Å². The van der Waals surface area contributed by atoms with Crippen molar-refractivity contribution in [1.29, 1.82) is 0 Å². The number of benzene rings is 3. The minimum absolute atomic E-state index is 0.134. The number of rotatable bonds is 3. The molecule has 0 aliphatic carbocycles. The summed E-state index contributed by atoms with van der Waals surface area (Å²) in [5, 5.41) is 3.67. The van der Waals surface area contributed by atoms with E-state index in [4.69, 9.17) is 0 Å². The summed E-state index contributed by atoms with van der Waals surface area (Å²) in [6, 6.07) is 21.1. The van der Waals surface area contributed by atoms with Crippen molar-refractivity contribution in [3.8, 4) is 0 Å². The molecule has 0 saturated carbocycles. The predicted octanol–water partition coefficient (Wildman–Crippen LogP) is 6.32. The molecule has 6 rings (SSSR count). The molecule has 2 fully saturated rings. The maximum atomic E-state index is 14.2. The molecule has 4 aromatic rings. The van der Waals surface area contributed by atoms with Crippen LogP contribution in [0.15, 0.2) is 66.9 Å².